The van der Waals surface area contributed by atoms with Crippen LogP contribution in [0.25, 0.3) is 0 Å². The quantitative estimate of drug-likeness (QED) is 0.821. The van der Waals surface area contributed by atoms with Gasteiger partial charge in [0.05, 0.1) is 6.20 Å². The molecule has 2 unspecified atom stereocenters. The van der Waals surface area contributed by atoms with Crippen molar-refractivity contribution in [2.45, 2.75) is 58.5 Å². The highest BCUT2D eigenvalue weighted by Gasteiger charge is 2.26. The standard InChI is InChI=1S/C14H25N3/c1-3-8-15-14-6-4-5-13(14)7-9-17-11-12(2)10-16-17/h10-11,13-15H,3-9H2,1-2H3. The Morgan fingerprint density at radius 1 is 1.47 bits per heavy atom. The largest absolute Gasteiger partial charge is 0.314 e. The van der Waals surface area contributed by atoms with Crippen LogP contribution in [-0.4, -0.2) is 22.4 Å². The highest BCUT2D eigenvalue weighted by molar-refractivity contribution is 4.99. The van der Waals surface area contributed by atoms with Gasteiger partial charge in [0, 0.05) is 18.8 Å². The second-order valence-corrected chi connectivity index (χ2v) is 5.32. The summed E-state index contributed by atoms with van der Waals surface area (Å²) in [6, 6.07) is 0.756. The molecular weight excluding hydrogens is 210 g/mol. The molecule has 0 aliphatic heterocycles. The molecule has 17 heavy (non-hydrogen) atoms. The maximum Gasteiger partial charge on any atom is 0.0518 e. The van der Waals surface area contributed by atoms with Crippen LogP contribution >= 0.6 is 0 Å². The first-order valence-electron chi connectivity index (χ1n) is 7.02. The minimum absolute atomic E-state index is 0.756. The molecule has 2 atom stereocenters. The highest BCUT2D eigenvalue weighted by Crippen LogP contribution is 2.28. The lowest BCUT2D eigenvalue weighted by Gasteiger charge is -2.20. The summed E-state index contributed by atoms with van der Waals surface area (Å²) in [6.45, 7) is 6.58. The fourth-order valence-electron chi connectivity index (χ4n) is 2.87. The van der Waals surface area contributed by atoms with Gasteiger partial charge in [0.15, 0.2) is 0 Å². The lowest BCUT2D eigenvalue weighted by atomic mass is 9.99. The number of hydrogen-bond acceptors (Lipinski definition) is 2. The van der Waals surface area contributed by atoms with E-state index in [0.717, 1.165) is 18.5 Å². The third-order valence-corrected chi connectivity index (χ3v) is 3.81. The van der Waals surface area contributed by atoms with Gasteiger partial charge in [0.25, 0.3) is 0 Å². The fourth-order valence-corrected chi connectivity index (χ4v) is 2.87. The van der Waals surface area contributed by atoms with Gasteiger partial charge >= 0.3 is 0 Å². The van der Waals surface area contributed by atoms with Crippen LogP contribution in [0.15, 0.2) is 12.4 Å². The molecule has 96 valence electrons. The molecule has 2 rings (SSSR count). The first-order chi connectivity index (χ1) is 8.29. The van der Waals surface area contributed by atoms with Gasteiger partial charge in [-0.3, -0.25) is 4.68 Å². The van der Waals surface area contributed by atoms with Gasteiger partial charge in [-0.25, -0.2) is 0 Å². The van der Waals surface area contributed by atoms with Gasteiger partial charge in [-0.1, -0.05) is 13.3 Å². The molecule has 1 fully saturated rings. The maximum atomic E-state index is 4.36. The molecule has 1 aliphatic carbocycles. The van der Waals surface area contributed by atoms with Crippen molar-refractivity contribution in [3.8, 4) is 0 Å². The van der Waals surface area contributed by atoms with Crippen molar-refractivity contribution in [3.63, 3.8) is 0 Å². The summed E-state index contributed by atoms with van der Waals surface area (Å²) in [5.74, 6) is 0.853. The molecule has 1 aromatic rings. The van der Waals surface area contributed by atoms with E-state index in [9.17, 15) is 0 Å². The smallest absolute Gasteiger partial charge is 0.0518 e. The number of nitrogens with one attached hydrogen (secondary N) is 1. The van der Waals surface area contributed by atoms with E-state index in [1.165, 1.54) is 44.2 Å². The van der Waals surface area contributed by atoms with E-state index in [-0.39, 0.29) is 0 Å². The van der Waals surface area contributed by atoms with E-state index >= 15 is 0 Å². The summed E-state index contributed by atoms with van der Waals surface area (Å²) in [4.78, 5) is 0. The third kappa shape index (κ3) is 3.56. The predicted molar refractivity (Wildman–Crippen MR) is 71.0 cm³/mol. The maximum absolute atomic E-state index is 4.36. The Balaban J connectivity index is 1.77. The molecule has 1 aliphatic rings. The summed E-state index contributed by atoms with van der Waals surface area (Å²) in [5.41, 5.74) is 1.26. The molecule has 1 saturated carbocycles. The van der Waals surface area contributed by atoms with Crippen molar-refractivity contribution in [3.05, 3.63) is 18.0 Å². The minimum Gasteiger partial charge on any atom is -0.314 e. The lowest BCUT2D eigenvalue weighted by molar-refractivity contribution is 0.354. The van der Waals surface area contributed by atoms with Gasteiger partial charge in [0.2, 0.25) is 0 Å². The first kappa shape index (κ1) is 12.6. The van der Waals surface area contributed by atoms with Crippen molar-refractivity contribution in [1.29, 1.82) is 0 Å². The fraction of sp³-hybridized carbons (Fsp3) is 0.786. The normalized spacial score (nSPS) is 24.4. The van der Waals surface area contributed by atoms with E-state index < -0.39 is 0 Å². The van der Waals surface area contributed by atoms with Crippen molar-refractivity contribution >= 4 is 0 Å². The number of aromatic nitrogens is 2. The van der Waals surface area contributed by atoms with E-state index in [1.807, 2.05) is 6.20 Å². The Kier molecular flexibility index (Phi) is 4.60. The zero-order valence-electron chi connectivity index (χ0n) is 11.2. The number of aryl methyl sites for hydroxylation is 2. The van der Waals surface area contributed by atoms with Crippen LogP contribution in [0.4, 0.5) is 0 Å². The second kappa shape index (κ2) is 6.20. The Labute approximate surface area is 105 Å². The van der Waals surface area contributed by atoms with Crippen molar-refractivity contribution in [2.24, 2.45) is 5.92 Å². The van der Waals surface area contributed by atoms with Crippen LogP contribution in [0.1, 0.15) is 44.6 Å². The van der Waals surface area contributed by atoms with Crippen LogP contribution in [0.5, 0.6) is 0 Å². The van der Waals surface area contributed by atoms with Crippen LogP contribution in [0.3, 0.4) is 0 Å². The Hall–Kier alpha value is -0.830. The molecule has 1 N–H and O–H groups in total. The highest BCUT2D eigenvalue weighted by atomic mass is 15.3. The number of hydrogen-bond donors (Lipinski definition) is 1. The average molecular weight is 235 g/mol. The molecule has 3 heteroatoms. The molecule has 0 saturated heterocycles. The molecular formula is C14H25N3. The summed E-state index contributed by atoms with van der Waals surface area (Å²) in [5, 5.41) is 8.05. The summed E-state index contributed by atoms with van der Waals surface area (Å²) < 4.78 is 2.09. The van der Waals surface area contributed by atoms with Crippen LogP contribution in [-0.2, 0) is 6.54 Å². The molecule has 0 radical (unpaired) electrons. The Bertz CT molecular complexity index is 332. The molecule has 1 aromatic heterocycles. The third-order valence-electron chi connectivity index (χ3n) is 3.81. The Morgan fingerprint density at radius 2 is 2.35 bits per heavy atom. The SMILES string of the molecule is CCCNC1CCCC1CCn1cc(C)cn1. The predicted octanol–water partition coefficient (Wildman–Crippen LogP) is 2.75. The van der Waals surface area contributed by atoms with E-state index in [1.54, 1.807) is 0 Å². The molecule has 0 amide bonds. The molecule has 0 spiro atoms. The van der Waals surface area contributed by atoms with Crippen LogP contribution in [0.2, 0.25) is 0 Å². The lowest BCUT2D eigenvalue weighted by Crippen LogP contribution is -2.33. The van der Waals surface area contributed by atoms with Gasteiger partial charge in [-0.05, 0) is 50.6 Å². The van der Waals surface area contributed by atoms with Gasteiger partial charge < -0.3 is 5.32 Å². The van der Waals surface area contributed by atoms with Gasteiger partial charge in [0.1, 0.15) is 0 Å². The van der Waals surface area contributed by atoms with E-state index in [2.05, 4.69) is 35.1 Å². The molecule has 3 nitrogen and oxygen atoms in total. The van der Waals surface area contributed by atoms with Crippen molar-refractivity contribution < 1.29 is 0 Å². The summed E-state index contributed by atoms with van der Waals surface area (Å²) in [7, 11) is 0. The zero-order valence-corrected chi connectivity index (χ0v) is 11.2. The average Bonchev–Trinajstić information content (AvgIpc) is 2.92. The monoisotopic (exact) mass is 235 g/mol. The van der Waals surface area contributed by atoms with E-state index in [4.69, 9.17) is 0 Å². The second-order valence-electron chi connectivity index (χ2n) is 5.32. The molecule has 0 aromatic carbocycles. The van der Waals surface area contributed by atoms with Gasteiger partial charge in [-0.15, -0.1) is 0 Å². The van der Waals surface area contributed by atoms with Crippen LogP contribution < -0.4 is 5.32 Å². The number of rotatable bonds is 6. The number of nitrogens with zero attached hydrogens (tertiary/aromatic N) is 2. The molecule has 1 heterocycles. The Morgan fingerprint density at radius 3 is 3.06 bits per heavy atom. The topological polar surface area (TPSA) is 29.9 Å². The summed E-state index contributed by atoms with van der Waals surface area (Å²) >= 11 is 0. The summed E-state index contributed by atoms with van der Waals surface area (Å²) in [6.07, 6.45) is 10.7. The van der Waals surface area contributed by atoms with Crippen molar-refractivity contribution in [2.75, 3.05) is 6.54 Å². The first-order valence-corrected chi connectivity index (χ1v) is 7.02. The minimum atomic E-state index is 0.756. The van der Waals surface area contributed by atoms with E-state index in [0.29, 0.717) is 0 Å². The van der Waals surface area contributed by atoms with Crippen molar-refractivity contribution in [1.82, 2.24) is 15.1 Å². The zero-order chi connectivity index (χ0) is 12.1. The molecule has 0 bridgehead atoms. The van der Waals surface area contributed by atoms with Crippen LogP contribution in [0, 0.1) is 12.8 Å². The van der Waals surface area contributed by atoms with Gasteiger partial charge in [-0.2, -0.15) is 5.10 Å².